The molecule has 0 atom stereocenters. The number of carbonyl (C=O) groups excluding carboxylic acids is 2. The molecule has 1 aromatic heterocycles. The van der Waals surface area contributed by atoms with Crippen LogP contribution in [0, 0.1) is 5.92 Å². The molecule has 0 aromatic carbocycles. The fourth-order valence-corrected chi connectivity index (χ4v) is 2.87. The molecular formula is C17H24ClN3O3. The van der Waals surface area contributed by atoms with Crippen LogP contribution in [0.25, 0.3) is 0 Å². The number of nitrogens with one attached hydrogen (secondary N) is 2. The molecule has 0 aliphatic heterocycles. The lowest BCUT2D eigenvalue weighted by atomic mass is 10.1. The smallest absolute Gasteiger partial charge is 0.252 e. The van der Waals surface area contributed by atoms with Gasteiger partial charge in [0.1, 0.15) is 5.02 Å². The summed E-state index contributed by atoms with van der Waals surface area (Å²) in [6.07, 6.45) is 5.56. The standard InChI is InChI=1S/C17H24ClN3O3/c1-11(2)24-17-14(18)9-13(10-21-17)16(23)20-8-7-19-15(22)12-5-3-4-6-12/h9-12H,3-8H2,1-2H3,(H,19,22)(H,20,23). The van der Waals surface area contributed by atoms with Gasteiger partial charge in [-0.3, -0.25) is 9.59 Å². The molecule has 0 unspecified atom stereocenters. The lowest BCUT2D eigenvalue weighted by Crippen LogP contribution is -2.37. The number of carbonyl (C=O) groups is 2. The molecular weight excluding hydrogens is 330 g/mol. The number of pyridine rings is 1. The van der Waals surface area contributed by atoms with Gasteiger partial charge in [0, 0.05) is 25.2 Å². The normalized spacial score (nSPS) is 14.7. The van der Waals surface area contributed by atoms with Crippen LogP contribution in [0.3, 0.4) is 0 Å². The zero-order valence-corrected chi connectivity index (χ0v) is 14.9. The van der Waals surface area contributed by atoms with Crippen LogP contribution in [0.1, 0.15) is 49.9 Å². The first-order valence-electron chi connectivity index (χ1n) is 8.35. The summed E-state index contributed by atoms with van der Waals surface area (Å²) in [5.74, 6) is 0.251. The first kappa shape index (κ1) is 18.5. The fraction of sp³-hybridized carbons (Fsp3) is 0.588. The molecule has 1 heterocycles. The Labute approximate surface area is 147 Å². The number of amides is 2. The zero-order chi connectivity index (χ0) is 17.5. The Bertz CT molecular complexity index is 586. The van der Waals surface area contributed by atoms with Gasteiger partial charge in [-0.2, -0.15) is 0 Å². The topological polar surface area (TPSA) is 80.3 Å². The summed E-state index contributed by atoms with van der Waals surface area (Å²) >= 11 is 6.07. The molecule has 1 saturated carbocycles. The number of aromatic nitrogens is 1. The first-order chi connectivity index (χ1) is 11.5. The molecule has 1 fully saturated rings. The third-order valence-corrected chi connectivity index (χ3v) is 4.12. The van der Waals surface area contributed by atoms with E-state index in [9.17, 15) is 9.59 Å². The van der Waals surface area contributed by atoms with E-state index in [1.54, 1.807) is 0 Å². The van der Waals surface area contributed by atoms with Gasteiger partial charge in [0.2, 0.25) is 11.8 Å². The predicted molar refractivity (Wildman–Crippen MR) is 92.3 cm³/mol. The summed E-state index contributed by atoms with van der Waals surface area (Å²) in [6, 6.07) is 1.53. The summed E-state index contributed by atoms with van der Waals surface area (Å²) < 4.78 is 5.43. The van der Waals surface area contributed by atoms with Crippen LogP contribution >= 0.6 is 11.6 Å². The van der Waals surface area contributed by atoms with Gasteiger partial charge in [-0.15, -0.1) is 0 Å². The van der Waals surface area contributed by atoms with Crippen LogP contribution in [0.5, 0.6) is 5.88 Å². The summed E-state index contributed by atoms with van der Waals surface area (Å²) in [7, 11) is 0. The Hall–Kier alpha value is -1.82. The van der Waals surface area contributed by atoms with Gasteiger partial charge in [0.25, 0.3) is 5.91 Å². The molecule has 132 valence electrons. The Morgan fingerprint density at radius 1 is 1.29 bits per heavy atom. The SMILES string of the molecule is CC(C)Oc1ncc(C(=O)NCCNC(=O)C2CCCC2)cc1Cl. The lowest BCUT2D eigenvalue weighted by molar-refractivity contribution is -0.124. The number of hydrogen-bond donors (Lipinski definition) is 2. The average molecular weight is 354 g/mol. The average Bonchev–Trinajstić information content (AvgIpc) is 3.07. The Morgan fingerprint density at radius 3 is 2.58 bits per heavy atom. The van der Waals surface area contributed by atoms with E-state index < -0.39 is 0 Å². The molecule has 2 amide bonds. The van der Waals surface area contributed by atoms with Crippen molar-refractivity contribution in [1.82, 2.24) is 15.6 Å². The highest BCUT2D eigenvalue weighted by molar-refractivity contribution is 6.32. The van der Waals surface area contributed by atoms with E-state index in [0.29, 0.717) is 29.6 Å². The van der Waals surface area contributed by atoms with Crippen LogP contribution in [0.15, 0.2) is 12.3 Å². The third-order valence-electron chi connectivity index (χ3n) is 3.85. The van der Waals surface area contributed by atoms with Gasteiger partial charge in [-0.25, -0.2) is 4.98 Å². The highest BCUT2D eigenvalue weighted by Gasteiger charge is 2.22. The number of hydrogen-bond acceptors (Lipinski definition) is 4. The van der Waals surface area contributed by atoms with Gasteiger partial charge in [-0.1, -0.05) is 24.4 Å². The Balaban J connectivity index is 1.76. The molecule has 1 aromatic rings. The minimum absolute atomic E-state index is 0.0434. The van der Waals surface area contributed by atoms with Crippen molar-refractivity contribution in [3.63, 3.8) is 0 Å². The van der Waals surface area contributed by atoms with Crippen molar-refractivity contribution in [2.24, 2.45) is 5.92 Å². The van der Waals surface area contributed by atoms with E-state index in [2.05, 4.69) is 15.6 Å². The summed E-state index contributed by atoms with van der Waals surface area (Å²) in [4.78, 5) is 28.0. The molecule has 0 spiro atoms. The molecule has 2 N–H and O–H groups in total. The maximum absolute atomic E-state index is 12.1. The van der Waals surface area contributed by atoms with E-state index in [0.717, 1.165) is 25.7 Å². The van der Waals surface area contributed by atoms with Crippen molar-refractivity contribution >= 4 is 23.4 Å². The Kier molecular flexibility index (Phi) is 6.85. The van der Waals surface area contributed by atoms with Crippen molar-refractivity contribution in [2.45, 2.75) is 45.6 Å². The number of rotatable bonds is 7. The van der Waals surface area contributed by atoms with Gasteiger partial charge in [-0.05, 0) is 32.8 Å². The first-order valence-corrected chi connectivity index (χ1v) is 8.73. The quantitative estimate of drug-likeness (QED) is 0.738. The number of halogens is 1. The highest BCUT2D eigenvalue weighted by Crippen LogP contribution is 2.24. The fourth-order valence-electron chi connectivity index (χ4n) is 2.66. The van der Waals surface area contributed by atoms with Gasteiger partial charge in [0.05, 0.1) is 11.7 Å². The molecule has 0 saturated heterocycles. The van der Waals surface area contributed by atoms with E-state index in [1.807, 2.05) is 13.8 Å². The summed E-state index contributed by atoms with van der Waals surface area (Å²) in [5, 5.41) is 5.89. The highest BCUT2D eigenvalue weighted by atomic mass is 35.5. The zero-order valence-electron chi connectivity index (χ0n) is 14.1. The molecule has 7 heteroatoms. The van der Waals surface area contributed by atoms with E-state index in [1.165, 1.54) is 12.3 Å². The van der Waals surface area contributed by atoms with Crippen molar-refractivity contribution in [3.8, 4) is 5.88 Å². The monoisotopic (exact) mass is 353 g/mol. The van der Waals surface area contributed by atoms with Crippen molar-refractivity contribution in [2.75, 3.05) is 13.1 Å². The molecule has 2 rings (SSSR count). The Morgan fingerprint density at radius 2 is 1.96 bits per heavy atom. The molecule has 0 bridgehead atoms. The van der Waals surface area contributed by atoms with E-state index in [4.69, 9.17) is 16.3 Å². The second kappa shape index (κ2) is 8.87. The predicted octanol–water partition coefficient (Wildman–Crippen LogP) is 2.56. The van der Waals surface area contributed by atoms with Crippen LogP contribution in [-0.2, 0) is 4.79 Å². The van der Waals surface area contributed by atoms with Gasteiger partial charge >= 0.3 is 0 Å². The molecule has 1 aliphatic carbocycles. The van der Waals surface area contributed by atoms with E-state index in [-0.39, 0.29) is 23.8 Å². The maximum atomic E-state index is 12.1. The van der Waals surface area contributed by atoms with Crippen LogP contribution in [0.4, 0.5) is 0 Å². The summed E-state index contributed by atoms with van der Waals surface area (Å²) in [5.41, 5.74) is 0.359. The summed E-state index contributed by atoms with van der Waals surface area (Å²) in [6.45, 7) is 4.52. The molecule has 1 aliphatic rings. The van der Waals surface area contributed by atoms with E-state index >= 15 is 0 Å². The lowest BCUT2D eigenvalue weighted by Gasteiger charge is -2.12. The van der Waals surface area contributed by atoms with Crippen LogP contribution in [0.2, 0.25) is 5.02 Å². The second-order valence-electron chi connectivity index (χ2n) is 6.21. The third kappa shape index (κ3) is 5.37. The second-order valence-corrected chi connectivity index (χ2v) is 6.61. The largest absolute Gasteiger partial charge is 0.474 e. The van der Waals surface area contributed by atoms with Crippen molar-refractivity contribution < 1.29 is 14.3 Å². The van der Waals surface area contributed by atoms with Gasteiger partial charge in [0.15, 0.2) is 0 Å². The minimum Gasteiger partial charge on any atom is -0.474 e. The maximum Gasteiger partial charge on any atom is 0.252 e. The van der Waals surface area contributed by atoms with Gasteiger partial charge < -0.3 is 15.4 Å². The van der Waals surface area contributed by atoms with Crippen molar-refractivity contribution in [3.05, 3.63) is 22.8 Å². The van der Waals surface area contributed by atoms with Crippen molar-refractivity contribution in [1.29, 1.82) is 0 Å². The minimum atomic E-state index is -0.282. The molecule has 6 nitrogen and oxygen atoms in total. The molecule has 24 heavy (non-hydrogen) atoms. The van der Waals surface area contributed by atoms with Crippen LogP contribution < -0.4 is 15.4 Å². The number of ether oxygens (including phenoxy) is 1. The number of nitrogens with zero attached hydrogens (tertiary/aromatic N) is 1. The van der Waals surface area contributed by atoms with Crippen LogP contribution in [-0.4, -0.2) is 36.0 Å². The molecule has 0 radical (unpaired) electrons.